The number of nitrogens with zero attached hydrogens (tertiary/aromatic N) is 2. The van der Waals surface area contributed by atoms with E-state index in [0.717, 1.165) is 12.8 Å². The maximum atomic E-state index is 12.4. The molecule has 1 atom stereocenters. The highest BCUT2D eigenvalue weighted by molar-refractivity contribution is 9.10. The van der Waals surface area contributed by atoms with Gasteiger partial charge in [-0.2, -0.15) is 0 Å². The van der Waals surface area contributed by atoms with Crippen molar-refractivity contribution in [3.63, 3.8) is 0 Å². The largest absolute Gasteiger partial charge is 0.337 e. The standard InChI is InChI=1S/C12H14BrN3O3/c13-11-4-3-9(16(18)19)6-10(11)12(17)15-5-1-2-8(14)7-15/h3-4,6,8H,1-2,5,7,14H2/t8-/m1/s1. The van der Waals surface area contributed by atoms with Gasteiger partial charge in [0.25, 0.3) is 11.6 Å². The molecule has 1 saturated heterocycles. The summed E-state index contributed by atoms with van der Waals surface area (Å²) in [5.41, 5.74) is 6.06. The SMILES string of the molecule is N[C@@H]1CCCN(C(=O)c2cc([N+](=O)[O-])ccc2Br)C1. The molecule has 19 heavy (non-hydrogen) atoms. The number of nitro benzene ring substituents is 1. The molecule has 0 saturated carbocycles. The minimum Gasteiger partial charge on any atom is -0.337 e. The first-order valence-electron chi connectivity index (χ1n) is 5.98. The molecule has 1 fully saturated rings. The van der Waals surface area contributed by atoms with Crippen molar-refractivity contribution < 1.29 is 9.72 Å². The number of hydrogen-bond donors (Lipinski definition) is 1. The van der Waals surface area contributed by atoms with Gasteiger partial charge in [0.1, 0.15) is 0 Å². The van der Waals surface area contributed by atoms with Gasteiger partial charge in [-0.25, -0.2) is 0 Å². The number of piperidine rings is 1. The summed E-state index contributed by atoms with van der Waals surface area (Å²) in [6, 6.07) is 4.17. The van der Waals surface area contributed by atoms with Gasteiger partial charge in [0.05, 0.1) is 10.5 Å². The average Bonchev–Trinajstić information content (AvgIpc) is 2.38. The molecule has 2 N–H and O–H groups in total. The smallest absolute Gasteiger partial charge is 0.270 e. The number of hydrogen-bond acceptors (Lipinski definition) is 4. The second kappa shape index (κ2) is 5.66. The van der Waals surface area contributed by atoms with Crippen molar-refractivity contribution in [3.05, 3.63) is 38.3 Å². The molecule has 0 bridgehead atoms. The number of carbonyl (C=O) groups is 1. The van der Waals surface area contributed by atoms with Crippen LogP contribution in [-0.4, -0.2) is 34.9 Å². The van der Waals surface area contributed by atoms with Crippen molar-refractivity contribution in [1.82, 2.24) is 4.90 Å². The summed E-state index contributed by atoms with van der Waals surface area (Å²) in [6.07, 6.45) is 1.76. The van der Waals surface area contributed by atoms with Gasteiger partial charge >= 0.3 is 0 Å². The molecule has 1 aromatic rings. The predicted molar refractivity (Wildman–Crippen MR) is 73.9 cm³/mol. The van der Waals surface area contributed by atoms with Crippen molar-refractivity contribution in [3.8, 4) is 0 Å². The minimum atomic E-state index is -0.509. The summed E-state index contributed by atoms with van der Waals surface area (Å²) in [5.74, 6) is -0.217. The van der Waals surface area contributed by atoms with E-state index in [1.165, 1.54) is 18.2 Å². The Morgan fingerprint density at radius 2 is 2.26 bits per heavy atom. The highest BCUT2D eigenvalue weighted by Crippen LogP contribution is 2.24. The average molecular weight is 328 g/mol. The van der Waals surface area contributed by atoms with Crippen LogP contribution < -0.4 is 5.73 Å². The Morgan fingerprint density at radius 3 is 2.89 bits per heavy atom. The molecule has 1 aliphatic rings. The van der Waals surface area contributed by atoms with Gasteiger partial charge in [-0.1, -0.05) is 0 Å². The number of halogens is 1. The van der Waals surface area contributed by atoms with E-state index in [4.69, 9.17) is 5.73 Å². The molecular formula is C12H14BrN3O3. The summed E-state index contributed by atoms with van der Waals surface area (Å²) in [6.45, 7) is 1.13. The number of non-ortho nitro benzene ring substituents is 1. The van der Waals surface area contributed by atoms with Crippen molar-refractivity contribution in [2.75, 3.05) is 13.1 Å². The van der Waals surface area contributed by atoms with Crippen molar-refractivity contribution >= 4 is 27.5 Å². The molecule has 1 aromatic carbocycles. The zero-order valence-corrected chi connectivity index (χ0v) is 11.8. The monoisotopic (exact) mass is 327 g/mol. The summed E-state index contributed by atoms with van der Waals surface area (Å²) in [5, 5.41) is 10.8. The lowest BCUT2D eigenvalue weighted by Crippen LogP contribution is -2.45. The van der Waals surface area contributed by atoms with Crippen LogP contribution in [0, 0.1) is 10.1 Å². The van der Waals surface area contributed by atoms with E-state index < -0.39 is 4.92 Å². The topological polar surface area (TPSA) is 89.5 Å². The molecule has 0 aliphatic carbocycles. The summed E-state index contributed by atoms with van der Waals surface area (Å²) in [7, 11) is 0. The summed E-state index contributed by atoms with van der Waals surface area (Å²) < 4.78 is 0.558. The molecule has 2 rings (SSSR count). The molecular weight excluding hydrogens is 314 g/mol. The van der Waals surface area contributed by atoms with Crippen LogP contribution in [0.5, 0.6) is 0 Å². The molecule has 1 amide bonds. The molecule has 0 unspecified atom stereocenters. The molecule has 6 nitrogen and oxygen atoms in total. The Bertz CT molecular complexity index is 521. The van der Waals surface area contributed by atoms with E-state index in [9.17, 15) is 14.9 Å². The Labute approximate surface area is 118 Å². The van der Waals surface area contributed by atoms with Gasteiger partial charge in [-0.05, 0) is 34.8 Å². The lowest BCUT2D eigenvalue weighted by Gasteiger charge is -2.31. The molecule has 0 spiro atoms. The highest BCUT2D eigenvalue weighted by atomic mass is 79.9. The Kier molecular flexibility index (Phi) is 4.16. The van der Waals surface area contributed by atoms with Crippen molar-refractivity contribution in [2.24, 2.45) is 5.73 Å². The zero-order valence-electron chi connectivity index (χ0n) is 10.2. The molecule has 102 valence electrons. The third-order valence-electron chi connectivity index (χ3n) is 3.14. The van der Waals surface area contributed by atoms with Gasteiger partial charge in [0.2, 0.25) is 0 Å². The Balaban J connectivity index is 2.27. The fourth-order valence-electron chi connectivity index (χ4n) is 2.16. The van der Waals surface area contributed by atoms with E-state index in [1.54, 1.807) is 4.90 Å². The van der Waals surface area contributed by atoms with E-state index >= 15 is 0 Å². The maximum Gasteiger partial charge on any atom is 0.270 e. The van der Waals surface area contributed by atoms with Crippen LogP contribution in [0.1, 0.15) is 23.2 Å². The Morgan fingerprint density at radius 1 is 1.53 bits per heavy atom. The second-order valence-corrected chi connectivity index (χ2v) is 5.43. The van der Waals surface area contributed by atoms with Crippen LogP contribution in [0.4, 0.5) is 5.69 Å². The van der Waals surface area contributed by atoms with Crippen molar-refractivity contribution in [2.45, 2.75) is 18.9 Å². The third-order valence-corrected chi connectivity index (χ3v) is 3.83. The van der Waals surface area contributed by atoms with E-state index in [0.29, 0.717) is 23.1 Å². The fourth-order valence-corrected chi connectivity index (χ4v) is 2.57. The lowest BCUT2D eigenvalue weighted by molar-refractivity contribution is -0.384. The highest BCUT2D eigenvalue weighted by Gasteiger charge is 2.25. The number of nitro groups is 1. The van der Waals surface area contributed by atoms with Gasteiger partial charge in [-0.15, -0.1) is 0 Å². The van der Waals surface area contributed by atoms with Gasteiger partial charge in [-0.3, -0.25) is 14.9 Å². The number of rotatable bonds is 2. The first-order valence-corrected chi connectivity index (χ1v) is 6.77. The van der Waals surface area contributed by atoms with Crippen LogP contribution >= 0.6 is 15.9 Å². The third kappa shape index (κ3) is 3.10. The lowest BCUT2D eigenvalue weighted by atomic mass is 10.1. The molecule has 1 heterocycles. The maximum absolute atomic E-state index is 12.4. The van der Waals surface area contributed by atoms with Crippen molar-refractivity contribution in [1.29, 1.82) is 0 Å². The van der Waals surface area contributed by atoms with Crippen LogP contribution in [0.15, 0.2) is 22.7 Å². The zero-order chi connectivity index (χ0) is 14.0. The molecule has 1 aliphatic heterocycles. The van der Waals surface area contributed by atoms with Crippen LogP contribution in [0.3, 0.4) is 0 Å². The van der Waals surface area contributed by atoms with E-state index in [2.05, 4.69) is 15.9 Å². The number of benzene rings is 1. The van der Waals surface area contributed by atoms with Gasteiger partial charge in [0, 0.05) is 35.7 Å². The first-order chi connectivity index (χ1) is 8.99. The molecule has 0 radical (unpaired) electrons. The predicted octanol–water partition coefficient (Wildman–Crippen LogP) is 1.92. The van der Waals surface area contributed by atoms with Crippen LogP contribution in [0.2, 0.25) is 0 Å². The first kappa shape index (κ1) is 14.0. The molecule has 7 heteroatoms. The number of amides is 1. The normalized spacial score (nSPS) is 19.3. The quantitative estimate of drug-likeness (QED) is 0.663. The fraction of sp³-hybridized carbons (Fsp3) is 0.417. The molecule has 0 aromatic heterocycles. The van der Waals surface area contributed by atoms with Gasteiger partial charge in [0.15, 0.2) is 0 Å². The Hall–Kier alpha value is -1.47. The number of likely N-dealkylation sites (tertiary alicyclic amines) is 1. The number of nitrogens with two attached hydrogens (primary N) is 1. The summed E-state index contributed by atoms with van der Waals surface area (Å²) in [4.78, 5) is 24.3. The van der Waals surface area contributed by atoms with E-state index in [1.807, 2.05) is 0 Å². The summed E-state index contributed by atoms with van der Waals surface area (Å²) >= 11 is 3.26. The second-order valence-electron chi connectivity index (χ2n) is 4.57. The van der Waals surface area contributed by atoms with E-state index in [-0.39, 0.29) is 17.6 Å². The van der Waals surface area contributed by atoms with Gasteiger partial charge < -0.3 is 10.6 Å². The van der Waals surface area contributed by atoms with Crippen LogP contribution in [-0.2, 0) is 0 Å². The van der Waals surface area contributed by atoms with Crippen LogP contribution in [0.25, 0.3) is 0 Å². The number of carbonyl (C=O) groups excluding carboxylic acids is 1. The minimum absolute atomic E-state index is 0.0184.